The van der Waals surface area contributed by atoms with Gasteiger partial charge in [-0.15, -0.1) is 0 Å². The molecule has 166 valence electrons. The Morgan fingerprint density at radius 3 is 2.50 bits per heavy atom. The highest BCUT2D eigenvalue weighted by Gasteiger charge is 2.44. The summed E-state index contributed by atoms with van der Waals surface area (Å²) in [5, 5.41) is 25.4. The van der Waals surface area contributed by atoms with Crippen LogP contribution in [-0.4, -0.2) is 51.2 Å². The molecular formula is C21H30ClN3O5. The average Bonchev–Trinajstić information content (AvgIpc) is 3.10. The third-order valence-electron chi connectivity index (χ3n) is 5.33. The summed E-state index contributed by atoms with van der Waals surface area (Å²) in [6.45, 7) is 7.43. The number of hydrogen-bond acceptors (Lipinski definition) is 5. The quantitative estimate of drug-likeness (QED) is 0.540. The first-order chi connectivity index (χ1) is 13.8. The Bertz CT molecular complexity index is 815. The molecule has 1 heterocycles. The summed E-state index contributed by atoms with van der Waals surface area (Å²) in [5.41, 5.74) is -0.560. The van der Waals surface area contributed by atoms with Crippen molar-refractivity contribution in [2.24, 2.45) is 5.41 Å². The van der Waals surface area contributed by atoms with Crippen LogP contribution < -0.4 is 10.6 Å². The van der Waals surface area contributed by atoms with Gasteiger partial charge in [-0.25, -0.2) is 4.79 Å². The molecule has 0 radical (unpaired) electrons. The predicted octanol–water partition coefficient (Wildman–Crippen LogP) is 2.51. The Kier molecular flexibility index (Phi) is 7.49. The van der Waals surface area contributed by atoms with Crippen molar-refractivity contribution in [1.82, 2.24) is 15.5 Å². The molecule has 0 saturated carbocycles. The number of carboxylic acid groups (broad SMARTS) is 1. The highest BCUT2D eigenvalue weighted by Crippen LogP contribution is 2.28. The van der Waals surface area contributed by atoms with Gasteiger partial charge in [0.15, 0.2) is 0 Å². The van der Waals surface area contributed by atoms with E-state index in [9.17, 15) is 19.5 Å². The number of imide groups is 1. The van der Waals surface area contributed by atoms with Crippen LogP contribution in [0.15, 0.2) is 18.2 Å². The molecular weight excluding hydrogens is 410 g/mol. The zero-order chi connectivity index (χ0) is 22.7. The third-order valence-corrected chi connectivity index (χ3v) is 5.57. The fraction of sp³-hybridized carbons (Fsp3) is 0.571. The number of nitrogens with one attached hydrogen (secondary N) is 2. The first kappa shape index (κ1) is 24.1. The number of halogens is 1. The molecule has 1 saturated heterocycles. The Morgan fingerprint density at radius 2 is 1.97 bits per heavy atom. The van der Waals surface area contributed by atoms with Crippen molar-refractivity contribution in [3.05, 3.63) is 34.3 Å². The molecule has 9 heteroatoms. The molecule has 0 spiro atoms. The van der Waals surface area contributed by atoms with Crippen LogP contribution in [0.1, 0.15) is 51.7 Å². The Balaban J connectivity index is 2.43. The van der Waals surface area contributed by atoms with E-state index in [0.717, 1.165) is 11.3 Å². The minimum absolute atomic E-state index is 0.00456. The monoisotopic (exact) mass is 439 g/mol. The minimum Gasteiger partial charge on any atom is -0.465 e. The molecule has 1 aromatic carbocycles. The van der Waals surface area contributed by atoms with Gasteiger partial charge in [0, 0.05) is 11.6 Å². The van der Waals surface area contributed by atoms with Crippen molar-refractivity contribution >= 4 is 29.5 Å². The smallest absolute Gasteiger partial charge is 0.404 e. The van der Waals surface area contributed by atoms with Crippen LogP contribution in [0, 0.1) is 5.41 Å². The van der Waals surface area contributed by atoms with Crippen LogP contribution in [0.5, 0.6) is 0 Å². The van der Waals surface area contributed by atoms with Crippen molar-refractivity contribution in [2.45, 2.75) is 65.3 Å². The van der Waals surface area contributed by atoms with Gasteiger partial charge in [-0.1, -0.05) is 38.4 Å². The fourth-order valence-corrected chi connectivity index (χ4v) is 3.59. The van der Waals surface area contributed by atoms with Gasteiger partial charge in [-0.3, -0.25) is 14.5 Å². The van der Waals surface area contributed by atoms with Gasteiger partial charge >= 0.3 is 6.09 Å². The number of hydrogen-bond donors (Lipinski definition) is 4. The van der Waals surface area contributed by atoms with Crippen molar-refractivity contribution in [2.75, 3.05) is 6.54 Å². The molecule has 0 aliphatic carbocycles. The summed E-state index contributed by atoms with van der Waals surface area (Å²) in [6.07, 6.45) is -1.20. The number of amides is 3. The Morgan fingerprint density at radius 1 is 1.30 bits per heavy atom. The van der Waals surface area contributed by atoms with E-state index in [-0.39, 0.29) is 13.1 Å². The molecule has 0 unspecified atom stereocenters. The van der Waals surface area contributed by atoms with Crippen LogP contribution in [-0.2, 0) is 22.7 Å². The molecule has 1 aliphatic heterocycles. The van der Waals surface area contributed by atoms with E-state index in [0.29, 0.717) is 29.1 Å². The minimum atomic E-state index is -1.38. The molecule has 30 heavy (non-hydrogen) atoms. The average molecular weight is 440 g/mol. The maximum atomic E-state index is 13.4. The van der Waals surface area contributed by atoms with Crippen molar-refractivity contribution < 1.29 is 24.6 Å². The van der Waals surface area contributed by atoms with E-state index in [4.69, 9.17) is 16.7 Å². The second-order valence-corrected chi connectivity index (χ2v) is 9.37. The largest absolute Gasteiger partial charge is 0.465 e. The molecule has 0 aromatic heterocycles. The van der Waals surface area contributed by atoms with E-state index in [1.165, 1.54) is 0 Å². The van der Waals surface area contributed by atoms with E-state index in [2.05, 4.69) is 10.6 Å². The van der Waals surface area contributed by atoms with E-state index >= 15 is 0 Å². The van der Waals surface area contributed by atoms with E-state index < -0.39 is 35.0 Å². The normalized spacial score (nSPS) is 19.9. The highest BCUT2D eigenvalue weighted by atomic mass is 35.5. The van der Waals surface area contributed by atoms with Gasteiger partial charge in [0.25, 0.3) is 5.91 Å². The van der Waals surface area contributed by atoms with Crippen LogP contribution in [0.25, 0.3) is 0 Å². The van der Waals surface area contributed by atoms with Crippen molar-refractivity contribution in [3.63, 3.8) is 0 Å². The molecule has 2 rings (SSSR count). The number of aliphatic hydroxyl groups excluding tert-OH is 1. The number of nitrogens with zero attached hydrogens (tertiary/aromatic N) is 1. The van der Waals surface area contributed by atoms with E-state index in [1.54, 1.807) is 45.9 Å². The maximum Gasteiger partial charge on any atom is 0.404 e. The lowest BCUT2D eigenvalue weighted by Crippen LogP contribution is -2.57. The lowest BCUT2D eigenvalue weighted by atomic mass is 9.87. The lowest BCUT2D eigenvalue weighted by Gasteiger charge is -2.35. The molecule has 8 nitrogen and oxygen atoms in total. The van der Waals surface area contributed by atoms with Gasteiger partial charge < -0.3 is 20.8 Å². The zero-order valence-electron chi connectivity index (χ0n) is 17.8. The fourth-order valence-electron chi connectivity index (χ4n) is 3.40. The molecule has 1 fully saturated rings. The summed E-state index contributed by atoms with van der Waals surface area (Å²) in [4.78, 5) is 38.5. The Hall–Kier alpha value is -2.16. The number of carbonyl (C=O) groups is 3. The summed E-state index contributed by atoms with van der Waals surface area (Å²) in [5.74, 6) is -1.12. The topological polar surface area (TPSA) is 119 Å². The second-order valence-electron chi connectivity index (χ2n) is 8.93. The number of carbonyl (C=O) groups excluding carboxylic acids is 2. The van der Waals surface area contributed by atoms with E-state index in [1.807, 2.05) is 0 Å². The summed E-state index contributed by atoms with van der Waals surface area (Å²) in [7, 11) is 0. The predicted molar refractivity (Wildman–Crippen MR) is 113 cm³/mol. The maximum absolute atomic E-state index is 13.4. The van der Waals surface area contributed by atoms with Crippen molar-refractivity contribution in [3.8, 4) is 0 Å². The molecule has 2 atom stereocenters. The van der Waals surface area contributed by atoms with Crippen LogP contribution in [0.3, 0.4) is 0 Å². The van der Waals surface area contributed by atoms with Gasteiger partial charge in [-0.05, 0) is 55.0 Å². The molecule has 1 aliphatic rings. The van der Waals surface area contributed by atoms with Crippen molar-refractivity contribution in [1.29, 1.82) is 0 Å². The molecule has 1 aromatic rings. The van der Waals surface area contributed by atoms with Gasteiger partial charge in [0.1, 0.15) is 6.10 Å². The SMILES string of the molecule is CC(C)(C)[C@@H](O)C(=O)N(Cc1cc(Cl)ccc1CNC(=O)O)C(=O)[C@]1(C)CCCN1. The number of aliphatic hydroxyl groups is 1. The zero-order valence-corrected chi connectivity index (χ0v) is 18.5. The second kappa shape index (κ2) is 9.32. The standard InChI is InChI=1S/C21H30ClN3O5/c1-20(2,3)16(26)17(27)25(18(28)21(4)8-5-9-24-21)12-14-10-15(22)7-6-13(14)11-23-19(29)30/h6-7,10,16,23-24,26H,5,8-9,11-12H2,1-4H3,(H,29,30)/t16-,21-/m0/s1. The highest BCUT2D eigenvalue weighted by molar-refractivity contribution is 6.30. The van der Waals surface area contributed by atoms with Crippen LogP contribution in [0.4, 0.5) is 4.79 Å². The van der Waals surface area contributed by atoms with Crippen LogP contribution in [0.2, 0.25) is 5.02 Å². The lowest BCUT2D eigenvalue weighted by molar-refractivity contribution is -0.158. The number of rotatable bonds is 6. The molecule has 4 N–H and O–H groups in total. The summed E-state index contributed by atoms with van der Waals surface area (Å²) >= 11 is 6.12. The third kappa shape index (κ3) is 5.71. The van der Waals surface area contributed by atoms with Gasteiger partial charge in [0.2, 0.25) is 5.91 Å². The summed E-state index contributed by atoms with van der Waals surface area (Å²) in [6, 6.07) is 4.86. The van der Waals surface area contributed by atoms with Crippen LogP contribution >= 0.6 is 11.6 Å². The first-order valence-electron chi connectivity index (χ1n) is 9.88. The number of benzene rings is 1. The van der Waals surface area contributed by atoms with Gasteiger partial charge in [0.05, 0.1) is 12.1 Å². The molecule has 0 bridgehead atoms. The first-order valence-corrected chi connectivity index (χ1v) is 10.3. The Labute approximate surface area is 181 Å². The molecule has 3 amide bonds. The summed E-state index contributed by atoms with van der Waals surface area (Å²) < 4.78 is 0. The van der Waals surface area contributed by atoms with Gasteiger partial charge in [-0.2, -0.15) is 0 Å².